The van der Waals surface area contributed by atoms with Crippen molar-refractivity contribution in [3.63, 3.8) is 0 Å². The number of ether oxygens (including phenoxy) is 1. The van der Waals surface area contributed by atoms with E-state index in [0.29, 0.717) is 18.8 Å². The molecule has 0 aromatic heterocycles. The Kier molecular flexibility index (Phi) is 6.72. The van der Waals surface area contributed by atoms with Crippen LogP contribution in [0.15, 0.2) is 72.8 Å². The van der Waals surface area contributed by atoms with Gasteiger partial charge in [0.2, 0.25) is 0 Å². The molecule has 3 aromatic rings. The molecule has 0 fully saturated rings. The predicted octanol–water partition coefficient (Wildman–Crippen LogP) is 5.56. The summed E-state index contributed by atoms with van der Waals surface area (Å²) in [6.45, 7) is 4.93. The predicted molar refractivity (Wildman–Crippen MR) is 114 cm³/mol. The first-order chi connectivity index (χ1) is 13.5. The van der Waals surface area contributed by atoms with Crippen LogP contribution >= 0.6 is 11.6 Å². The van der Waals surface area contributed by atoms with Crippen LogP contribution in [0, 0.1) is 13.8 Å². The number of rotatable bonds is 7. The molecule has 1 amide bonds. The van der Waals surface area contributed by atoms with Crippen LogP contribution in [-0.4, -0.2) is 17.4 Å². The zero-order chi connectivity index (χ0) is 19.9. The van der Waals surface area contributed by atoms with Gasteiger partial charge in [-0.15, -0.1) is 0 Å². The van der Waals surface area contributed by atoms with Crippen molar-refractivity contribution in [2.24, 2.45) is 0 Å². The van der Waals surface area contributed by atoms with Crippen LogP contribution in [0.2, 0.25) is 5.02 Å². The van der Waals surface area contributed by atoms with Gasteiger partial charge in [0.1, 0.15) is 5.75 Å². The fourth-order valence-corrected chi connectivity index (χ4v) is 3.17. The highest BCUT2D eigenvalue weighted by atomic mass is 35.5. The summed E-state index contributed by atoms with van der Waals surface area (Å²) in [4.78, 5) is 14.8. The molecule has 0 atom stereocenters. The zero-order valence-corrected chi connectivity index (χ0v) is 16.9. The number of hydrogen-bond donors (Lipinski definition) is 0. The molecule has 0 aliphatic rings. The molecular weight excluding hydrogens is 370 g/mol. The lowest BCUT2D eigenvalue weighted by atomic mass is 10.1. The number of benzene rings is 3. The zero-order valence-electron chi connectivity index (χ0n) is 16.2. The van der Waals surface area contributed by atoms with Gasteiger partial charge in [-0.25, -0.2) is 0 Å². The molecule has 0 radical (unpaired) electrons. The lowest BCUT2D eigenvalue weighted by Gasteiger charge is -2.23. The third kappa shape index (κ3) is 5.37. The Labute approximate surface area is 171 Å². The second-order valence-electron chi connectivity index (χ2n) is 6.88. The minimum absolute atomic E-state index is 0.0137. The number of halogens is 1. The molecule has 3 aromatic carbocycles. The Morgan fingerprint density at radius 1 is 0.857 bits per heavy atom. The van der Waals surface area contributed by atoms with Gasteiger partial charge in [0.25, 0.3) is 5.91 Å². The summed E-state index contributed by atoms with van der Waals surface area (Å²) in [7, 11) is 0. The summed E-state index contributed by atoms with van der Waals surface area (Å²) in [6.07, 6.45) is 0. The van der Waals surface area contributed by atoms with Crippen molar-refractivity contribution < 1.29 is 9.53 Å². The van der Waals surface area contributed by atoms with Crippen LogP contribution in [0.1, 0.15) is 22.3 Å². The summed E-state index contributed by atoms with van der Waals surface area (Å²) in [5.74, 6) is 0.602. The van der Waals surface area contributed by atoms with Gasteiger partial charge < -0.3 is 9.64 Å². The third-order valence-corrected chi connectivity index (χ3v) is 5.15. The molecule has 144 valence electrons. The lowest BCUT2D eigenvalue weighted by Crippen LogP contribution is -2.34. The van der Waals surface area contributed by atoms with Crippen LogP contribution in [0.5, 0.6) is 5.75 Å². The average molecular weight is 394 g/mol. The first-order valence-electron chi connectivity index (χ1n) is 9.28. The van der Waals surface area contributed by atoms with Gasteiger partial charge in [0, 0.05) is 18.1 Å². The van der Waals surface area contributed by atoms with E-state index < -0.39 is 0 Å². The average Bonchev–Trinajstić information content (AvgIpc) is 2.71. The van der Waals surface area contributed by atoms with Gasteiger partial charge in [-0.05, 0) is 48.2 Å². The molecule has 28 heavy (non-hydrogen) atoms. The van der Waals surface area contributed by atoms with E-state index in [9.17, 15) is 4.79 Å². The Balaban J connectivity index is 1.72. The summed E-state index contributed by atoms with van der Waals surface area (Å²) in [5, 5.41) is 0.730. The smallest absolute Gasteiger partial charge is 0.261 e. The molecule has 0 bridgehead atoms. The van der Waals surface area contributed by atoms with E-state index in [1.54, 1.807) is 0 Å². The second-order valence-corrected chi connectivity index (χ2v) is 7.26. The maximum atomic E-state index is 12.9. The highest BCUT2D eigenvalue weighted by molar-refractivity contribution is 6.32. The summed E-state index contributed by atoms with van der Waals surface area (Å²) in [5.41, 5.74) is 4.05. The summed E-state index contributed by atoms with van der Waals surface area (Å²) >= 11 is 6.21. The number of carbonyl (C=O) groups excluding carboxylic acids is 1. The second kappa shape index (κ2) is 9.43. The first kappa shape index (κ1) is 20.0. The fourth-order valence-electron chi connectivity index (χ4n) is 3.07. The van der Waals surface area contributed by atoms with Gasteiger partial charge in [-0.3, -0.25) is 4.79 Å². The fraction of sp³-hybridized carbons (Fsp3) is 0.208. The standard InChI is InChI=1S/C24H24ClNO2/c1-18-13-22(14-19(2)24(18)25)28-17-23(27)26(15-20-9-5-3-6-10-20)16-21-11-7-4-8-12-21/h3-14H,15-17H2,1-2H3. The molecule has 0 aliphatic heterocycles. The van der Waals surface area contributed by atoms with E-state index in [0.717, 1.165) is 27.3 Å². The molecule has 3 nitrogen and oxygen atoms in total. The van der Waals surface area contributed by atoms with Gasteiger partial charge in [-0.1, -0.05) is 72.3 Å². The highest BCUT2D eigenvalue weighted by Gasteiger charge is 2.16. The van der Waals surface area contributed by atoms with Crippen molar-refractivity contribution in [1.29, 1.82) is 0 Å². The Morgan fingerprint density at radius 3 is 1.79 bits per heavy atom. The largest absolute Gasteiger partial charge is 0.484 e. The monoisotopic (exact) mass is 393 g/mol. The Morgan fingerprint density at radius 2 is 1.32 bits per heavy atom. The minimum Gasteiger partial charge on any atom is -0.484 e. The summed E-state index contributed by atoms with van der Waals surface area (Å²) < 4.78 is 5.79. The Bertz CT molecular complexity index is 861. The molecule has 0 saturated carbocycles. The van der Waals surface area contributed by atoms with Crippen LogP contribution in [0.25, 0.3) is 0 Å². The number of nitrogens with zero attached hydrogens (tertiary/aromatic N) is 1. The molecule has 0 spiro atoms. The minimum atomic E-state index is -0.0574. The van der Waals surface area contributed by atoms with Gasteiger partial charge in [-0.2, -0.15) is 0 Å². The van der Waals surface area contributed by atoms with E-state index in [1.165, 1.54) is 0 Å². The molecule has 0 aliphatic carbocycles. The maximum Gasteiger partial charge on any atom is 0.261 e. The maximum absolute atomic E-state index is 12.9. The van der Waals surface area contributed by atoms with Crippen molar-refractivity contribution in [3.8, 4) is 5.75 Å². The van der Waals surface area contributed by atoms with Crippen LogP contribution < -0.4 is 4.74 Å². The van der Waals surface area contributed by atoms with E-state index in [4.69, 9.17) is 16.3 Å². The molecule has 4 heteroatoms. The normalized spacial score (nSPS) is 10.5. The lowest BCUT2D eigenvalue weighted by molar-refractivity contribution is -0.134. The van der Waals surface area contributed by atoms with Crippen molar-refractivity contribution >= 4 is 17.5 Å². The van der Waals surface area contributed by atoms with Crippen LogP contribution in [0.4, 0.5) is 0 Å². The quantitative estimate of drug-likeness (QED) is 0.525. The number of amides is 1. The molecular formula is C24H24ClNO2. The first-order valence-corrected chi connectivity index (χ1v) is 9.66. The summed E-state index contributed by atoms with van der Waals surface area (Å²) in [6, 6.07) is 23.7. The Hall–Kier alpha value is -2.78. The molecule has 0 saturated heterocycles. The van der Waals surface area contributed by atoms with Crippen LogP contribution in [0.3, 0.4) is 0 Å². The van der Waals surface area contributed by atoms with E-state index in [2.05, 4.69) is 0 Å². The third-order valence-electron chi connectivity index (χ3n) is 4.56. The van der Waals surface area contributed by atoms with Crippen molar-refractivity contribution in [3.05, 3.63) is 100 Å². The topological polar surface area (TPSA) is 29.5 Å². The molecule has 3 rings (SSSR count). The van der Waals surface area contributed by atoms with E-state index in [-0.39, 0.29) is 12.5 Å². The SMILES string of the molecule is Cc1cc(OCC(=O)N(Cc2ccccc2)Cc2ccccc2)cc(C)c1Cl. The number of carbonyl (C=O) groups is 1. The molecule has 0 N–H and O–H groups in total. The van der Waals surface area contributed by atoms with E-state index >= 15 is 0 Å². The number of hydrogen-bond acceptors (Lipinski definition) is 2. The molecule has 0 unspecified atom stereocenters. The van der Waals surface area contributed by atoms with Gasteiger partial charge in [0.15, 0.2) is 6.61 Å². The highest BCUT2D eigenvalue weighted by Crippen LogP contribution is 2.26. The van der Waals surface area contributed by atoms with Gasteiger partial charge in [0.05, 0.1) is 0 Å². The molecule has 0 heterocycles. The van der Waals surface area contributed by atoms with Crippen molar-refractivity contribution in [2.45, 2.75) is 26.9 Å². The van der Waals surface area contributed by atoms with E-state index in [1.807, 2.05) is 91.5 Å². The number of aryl methyl sites for hydroxylation is 2. The van der Waals surface area contributed by atoms with Crippen molar-refractivity contribution in [1.82, 2.24) is 4.90 Å². The van der Waals surface area contributed by atoms with Crippen LogP contribution in [-0.2, 0) is 17.9 Å². The van der Waals surface area contributed by atoms with Crippen molar-refractivity contribution in [2.75, 3.05) is 6.61 Å². The van der Waals surface area contributed by atoms with Gasteiger partial charge >= 0.3 is 0 Å².